The number of carbonyl (C=O) groups excluding carboxylic acids is 1. The second-order valence-corrected chi connectivity index (χ2v) is 2.88. The highest BCUT2D eigenvalue weighted by molar-refractivity contribution is 5.61. The third-order valence-electron chi connectivity index (χ3n) is 1.85. The van der Waals surface area contributed by atoms with Crippen molar-refractivity contribution in [2.24, 2.45) is 4.99 Å². The van der Waals surface area contributed by atoms with E-state index in [0.29, 0.717) is 0 Å². The normalized spacial score (nSPS) is 9.88. The molecule has 0 radical (unpaired) electrons. The third-order valence-corrected chi connectivity index (χ3v) is 1.85. The maximum absolute atomic E-state index is 13.3. The zero-order chi connectivity index (χ0) is 11.5. The lowest BCUT2D eigenvalue weighted by molar-refractivity contribution is 0.431. The summed E-state index contributed by atoms with van der Waals surface area (Å²) in [4.78, 5) is 13.1. The molecule has 16 heavy (non-hydrogen) atoms. The summed E-state index contributed by atoms with van der Waals surface area (Å²) < 4.78 is 30.7. The first kappa shape index (κ1) is 10.2. The predicted octanol–water partition coefficient (Wildman–Crippen LogP) is 2.59. The summed E-state index contributed by atoms with van der Waals surface area (Å²) >= 11 is 0. The molecule has 6 heteroatoms. The van der Waals surface area contributed by atoms with E-state index in [1.54, 1.807) is 0 Å². The standard InChI is InChI=1S/C10H4F2N2O2/c11-6-1-2-7(8(12)3-6)9-4-10(13-5-15)14-16-9/h1-4H. The molecule has 4 nitrogen and oxygen atoms in total. The number of isocyanates is 1. The lowest BCUT2D eigenvalue weighted by Gasteiger charge is -1.96. The van der Waals surface area contributed by atoms with E-state index in [4.69, 9.17) is 4.52 Å². The van der Waals surface area contributed by atoms with Crippen LogP contribution in [0.4, 0.5) is 14.6 Å². The summed E-state index contributed by atoms with van der Waals surface area (Å²) in [5.74, 6) is -1.43. The van der Waals surface area contributed by atoms with Gasteiger partial charge in [0, 0.05) is 12.1 Å². The van der Waals surface area contributed by atoms with Gasteiger partial charge in [-0.05, 0) is 12.1 Å². The minimum atomic E-state index is -0.780. The molecule has 0 bridgehead atoms. The van der Waals surface area contributed by atoms with Crippen LogP contribution in [0, 0.1) is 11.6 Å². The molecule has 2 aromatic rings. The lowest BCUT2D eigenvalue weighted by atomic mass is 10.1. The summed E-state index contributed by atoms with van der Waals surface area (Å²) in [6.45, 7) is 0. The Morgan fingerprint density at radius 1 is 1.31 bits per heavy atom. The Bertz CT molecular complexity index is 574. The summed E-state index contributed by atoms with van der Waals surface area (Å²) in [5.41, 5.74) is 0.0428. The van der Waals surface area contributed by atoms with Crippen molar-refractivity contribution < 1.29 is 18.1 Å². The number of aliphatic imine (C=N–C) groups is 1. The Labute approximate surface area is 88.2 Å². The van der Waals surface area contributed by atoms with Gasteiger partial charge >= 0.3 is 0 Å². The van der Waals surface area contributed by atoms with Gasteiger partial charge in [-0.2, -0.15) is 0 Å². The topological polar surface area (TPSA) is 55.5 Å². The van der Waals surface area contributed by atoms with Crippen molar-refractivity contribution in [1.82, 2.24) is 5.16 Å². The van der Waals surface area contributed by atoms with Crippen molar-refractivity contribution in [2.75, 3.05) is 0 Å². The fourth-order valence-corrected chi connectivity index (χ4v) is 1.18. The maximum atomic E-state index is 13.3. The van der Waals surface area contributed by atoms with Crippen molar-refractivity contribution in [3.05, 3.63) is 35.9 Å². The van der Waals surface area contributed by atoms with Gasteiger partial charge in [0.2, 0.25) is 11.9 Å². The number of benzene rings is 1. The minimum Gasteiger partial charge on any atom is -0.354 e. The summed E-state index contributed by atoms with van der Waals surface area (Å²) in [7, 11) is 0. The monoisotopic (exact) mass is 222 g/mol. The summed E-state index contributed by atoms with van der Waals surface area (Å²) in [6.07, 6.45) is 1.27. The molecule has 1 heterocycles. The average molecular weight is 222 g/mol. The van der Waals surface area contributed by atoms with Gasteiger partial charge in [-0.1, -0.05) is 5.16 Å². The van der Waals surface area contributed by atoms with E-state index >= 15 is 0 Å². The smallest absolute Gasteiger partial charge is 0.242 e. The summed E-state index contributed by atoms with van der Waals surface area (Å²) in [6, 6.07) is 4.27. The molecule has 0 amide bonds. The number of hydrogen-bond acceptors (Lipinski definition) is 4. The number of halogens is 2. The molecule has 1 aromatic carbocycles. The van der Waals surface area contributed by atoms with Crippen molar-refractivity contribution >= 4 is 11.9 Å². The predicted molar refractivity (Wildman–Crippen MR) is 49.6 cm³/mol. The number of hydrogen-bond donors (Lipinski definition) is 0. The third kappa shape index (κ3) is 1.87. The van der Waals surface area contributed by atoms with E-state index < -0.39 is 11.6 Å². The van der Waals surface area contributed by atoms with E-state index in [9.17, 15) is 13.6 Å². The minimum absolute atomic E-state index is 0.0197. The Balaban J connectivity index is 2.46. The Morgan fingerprint density at radius 2 is 2.12 bits per heavy atom. The van der Waals surface area contributed by atoms with Crippen LogP contribution in [0.25, 0.3) is 11.3 Å². The highest BCUT2D eigenvalue weighted by atomic mass is 19.1. The van der Waals surface area contributed by atoms with Gasteiger partial charge < -0.3 is 4.52 Å². The van der Waals surface area contributed by atoms with E-state index in [1.807, 2.05) is 0 Å². The molecule has 0 N–H and O–H groups in total. The van der Waals surface area contributed by atoms with Gasteiger partial charge in [0.25, 0.3) is 0 Å². The van der Waals surface area contributed by atoms with Gasteiger partial charge in [0.05, 0.1) is 5.56 Å². The lowest BCUT2D eigenvalue weighted by Crippen LogP contribution is -1.83. The largest absolute Gasteiger partial charge is 0.354 e. The van der Waals surface area contributed by atoms with Crippen LogP contribution in [0.5, 0.6) is 0 Å². The quantitative estimate of drug-likeness (QED) is 0.579. The molecule has 0 fully saturated rings. The van der Waals surface area contributed by atoms with Gasteiger partial charge in [-0.3, -0.25) is 0 Å². The summed E-state index contributed by atoms with van der Waals surface area (Å²) in [5, 5.41) is 3.38. The molecular formula is C10H4F2N2O2. The van der Waals surface area contributed by atoms with Crippen LogP contribution in [-0.4, -0.2) is 11.2 Å². The van der Waals surface area contributed by atoms with Crippen LogP contribution in [-0.2, 0) is 4.79 Å². The van der Waals surface area contributed by atoms with Crippen LogP contribution < -0.4 is 0 Å². The Morgan fingerprint density at radius 3 is 2.81 bits per heavy atom. The molecule has 0 aliphatic rings. The zero-order valence-corrected chi connectivity index (χ0v) is 7.78. The first-order valence-corrected chi connectivity index (χ1v) is 4.20. The fourth-order valence-electron chi connectivity index (χ4n) is 1.18. The van der Waals surface area contributed by atoms with Crippen LogP contribution in [0.15, 0.2) is 33.8 Å². The second-order valence-electron chi connectivity index (χ2n) is 2.88. The van der Waals surface area contributed by atoms with Gasteiger partial charge in [0.15, 0.2) is 5.76 Å². The molecule has 0 saturated carbocycles. The van der Waals surface area contributed by atoms with Crippen LogP contribution in [0.2, 0.25) is 0 Å². The Hall–Kier alpha value is -2.33. The van der Waals surface area contributed by atoms with E-state index in [0.717, 1.165) is 12.1 Å². The average Bonchev–Trinajstić information content (AvgIpc) is 2.67. The number of aromatic nitrogens is 1. The second kappa shape index (κ2) is 4.04. The van der Waals surface area contributed by atoms with Crippen LogP contribution in [0.3, 0.4) is 0 Å². The van der Waals surface area contributed by atoms with Crippen LogP contribution in [0.1, 0.15) is 0 Å². The maximum Gasteiger partial charge on any atom is 0.242 e. The molecule has 0 aliphatic heterocycles. The van der Waals surface area contributed by atoms with Gasteiger partial charge in [0.1, 0.15) is 11.6 Å². The molecule has 0 saturated heterocycles. The highest BCUT2D eigenvalue weighted by Crippen LogP contribution is 2.26. The van der Waals surface area contributed by atoms with Crippen LogP contribution >= 0.6 is 0 Å². The van der Waals surface area contributed by atoms with Crippen molar-refractivity contribution in [3.63, 3.8) is 0 Å². The molecule has 0 unspecified atom stereocenters. The molecule has 2 rings (SSSR count). The van der Waals surface area contributed by atoms with E-state index in [-0.39, 0.29) is 17.1 Å². The zero-order valence-electron chi connectivity index (χ0n) is 7.78. The molecule has 0 spiro atoms. The highest BCUT2D eigenvalue weighted by Gasteiger charge is 2.11. The van der Waals surface area contributed by atoms with E-state index in [2.05, 4.69) is 10.1 Å². The Kier molecular flexibility index (Phi) is 2.57. The molecule has 0 atom stereocenters. The fraction of sp³-hybridized carbons (Fsp3) is 0. The molecule has 1 aromatic heterocycles. The molecule has 0 aliphatic carbocycles. The van der Waals surface area contributed by atoms with Crippen molar-refractivity contribution in [2.45, 2.75) is 0 Å². The first-order valence-electron chi connectivity index (χ1n) is 4.20. The molecule has 80 valence electrons. The number of rotatable bonds is 2. The number of nitrogens with zero attached hydrogens (tertiary/aromatic N) is 2. The first-order chi connectivity index (χ1) is 7.70. The van der Waals surface area contributed by atoms with Gasteiger partial charge in [-0.15, -0.1) is 4.99 Å². The van der Waals surface area contributed by atoms with Crippen molar-refractivity contribution in [3.8, 4) is 11.3 Å². The SMILES string of the molecule is O=C=Nc1cc(-c2ccc(F)cc2F)on1. The van der Waals surface area contributed by atoms with Crippen molar-refractivity contribution in [1.29, 1.82) is 0 Å². The molecular weight excluding hydrogens is 218 g/mol. The van der Waals surface area contributed by atoms with Gasteiger partial charge in [-0.25, -0.2) is 13.6 Å². The van der Waals surface area contributed by atoms with E-state index in [1.165, 1.54) is 18.2 Å².